The molecule has 2 aliphatic heterocycles. The van der Waals surface area contributed by atoms with E-state index in [-0.39, 0.29) is 18.0 Å². The summed E-state index contributed by atoms with van der Waals surface area (Å²) in [6, 6.07) is 11.3. The maximum atomic E-state index is 13.1. The van der Waals surface area contributed by atoms with E-state index in [0.29, 0.717) is 23.6 Å². The van der Waals surface area contributed by atoms with Crippen molar-refractivity contribution in [1.29, 1.82) is 0 Å². The number of pyridine rings is 1. The molecule has 0 saturated carbocycles. The first-order valence-electron chi connectivity index (χ1n) is 9.12. The van der Waals surface area contributed by atoms with Crippen molar-refractivity contribution < 1.29 is 9.90 Å². The monoisotopic (exact) mass is 360 g/mol. The van der Waals surface area contributed by atoms with E-state index >= 15 is 0 Å². The van der Waals surface area contributed by atoms with Gasteiger partial charge in [-0.2, -0.15) is 0 Å². The summed E-state index contributed by atoms with van der Waals surface area (Å²) < 4.78 is 1.51. The van der Waals surface area contributed by atoms with Crippen molar-refractivity contribution in [3.8, 4) is 0 Å². The lowest BCUT2D eigenvalue weighted by atomic mass is 9.79. The van der Waals surface area contributed by atoms with Crippen molar-refractivity contribution in [2.75, 3.05) is 11.4 Å². The molecule has 0 spiro atoms. The summed E-state index contributed by atoms with van der Waals surface area (Å²) in [5.41, 5.74) is 3.95. The van der Waals surface area contributed by atoms with Crippen molar-refractivity contribution in [2.24, 2.45) is 5.92 Å². The second kappa shape index (κ2) is 5.67. The lowest BCUT2D eigenvalue weighted by Crippen LogP contribution is -2.51. The number of anilines is 1. The topological polar surface area (TPSA) is 77.7 Å². The molecule has 27 heavy (non-hydrogen) atoms. The molecule has 2 aliphatic rings. The van der Waals surface area contributed by atoms with Gasteiger partial charge in [-0.15, -0.1) is 0 Å². The van der Waals surface area contributed by atoms with Gasteiger partial charge < -0.3 is 14.8 Å². The van der Waals surface area contributed by atoms with Crippen LogP contribution in [0.15, 0.2) is 47.4 Å². The van der Waals surface area contributed by atoms with Crippen LogP contribution in [0, 0.1) is 12.8 Å². The second-order valence-corrected chi connectivity index (χ2v) is 7.32. The Balaban J connectivity index is 1.80. The quantitative estimate of drug-likeness (QED) is 0.648. The summed E-state index contributed by atoms with van der Waals surface area (Å²) in [4.78, 5) is 31.9. The molecule has 4 heterocycles. The first kappa shape index (κ1) is 16.1. The number of hydrogen-bond acceptors (Lipinski definition) is 5. The number of hydrogen-bond donors (Lipinski definition) is 0. The third-order valence-electron chi connectivity index (χ3n) is 5.83. The van der Waals surface area contributed by atoms with Gasteiger partial charge in [-0.1, -0.05) is 30.3 Å². The molecule has 3 aromatic rings. The molecule has 6 heteroatoms. The number of carboxylic acids is 1. The fraction of sp³-hybridized carbons (Fsp3) is 0.286. The van der Waals surface area contributed by atoms with E-state index in [2.05, 4.69) is 0 Å². The fourth-order valence-electron chi connectivity index (χ4n) is 4.55. The van der Waals surface area contributed by atoms with Gasteiger partial charge in [0.15, 0.2) is 0 Å². The molecule has 0 radical (unpaired) electrons. The summed E-state index contributed by atoms with van der Waals surface area (Å²) in [6.45, 7) is 2.55. The van der Waals surface area contributed by atoms with Crippen LogP contribution in [0.1, 0.15) is 28.3 Å². The standard InChI is InChI=1S/C21H19N3O3/c1-12-5-4-9-24-18(12)22-19-16(20(24)25)11-15(21(26)27)17-14-7-3-2-6-13(14)8-10-23(17)19/h2-7,9,15,17H,8,10-11H2,1H3,(H,26,27)/p-1/t15-,17-/m1/s1. The van der Waals surface area contributed by atoms with Crippen LogP contribution in [-0.2, 0) is 17.6 Å². The highest BCUT2D eigenvalue weighted by atomic mass is 16.4. The SMILES string of the molecule is Cc1cccn2c(=O)c3c(nc12)N1CCc2ccccc2[C@@H]1[C@H](C(=O)[O-])C3. The Morgan fingerprint density at radius 1 is 1.22 bits per heavy atom. The molecule has 2 aromatic heterocycles. The van der Waals surface area contributed by atoms with Gasteiger partial charge in [0.25, 0.3) is 5.56 Å². The summed E-state index contributed by atoms with van der Waals surface area (Å²) in [7, 11) is 0. The minimum Gasteiger partial charge on any atom is -0.550 e. The Morgan fingerprint density at radius 2 is 2.04 bits per heavy atom. The zero-order valence-corrected chi connectivity index (χ0v) is 14.9. The van der Waals surface area contributed by atoms with Crippen molar-refractivity contribution in [3.63, 3.8) is 0 Å². The molecular formula is C21H18N3O3-. The van der Waals surface area contributed by atoms with Gasteiger partial charge in [-0.05, 0) is 42.5 Å². The number of carbonyl (C=O) groups is 1. The Hall–Kier alpha value is -3.15. The third kappa shape index (κ3) is 2.22. The molecule has 6 nitrogen and oxygen atoms in total. The molecular weight excluding hydrogens is 342 g/mol. The van der Waals surface area contributed by atoms with Gasteiger partial charge in [0, 0.05) is 24.6 Å². The van der Waals surface area contributed by atoms with Gasteiger partial charge >= 0.3 is 0 Å². The smallest absolute Gasteiger partial charge is 0.263 e. The second-order valence-electron chi connectivity index (χ2n) is 7.32. The van der Waals surface area contributed by atoms with E-state index in [4.69, 9.17) is 4.98 Å². The normalized spacial score (nSPS) is 20.7. The van der Waals surface area contributed by atoms with E-state index in [1.54, 1.807) is 12.3 Å². The number of aliphatic carboxylic acids is 1. The van der Waals surface area contributed by atoms with Crippen LogP contribution in [0.2, 0.25) is 0 Å². The van der Waals surface area contributed by atoms with E-state index in [1.807, 2.05) is 42.2 Å². The molecule has 5 rings (SSSR count). The van der Waals surface area contributed by atoms with Gasteiger partial charge in [0.05, 0.1) is 11.6 Å². The Kier molecular flexibility index (Phi) is 3.37. The number of aromatic nitrogens is 2. The van der Waals surface area contributed by atoms with Crippen LogP contribution >= 0.6 is 0 Å². The molecule has 1 aromatic carbocycles. The van der Waals surface area contributed by atoms with Crippen LogP contribution in [0.3, 0.4) is 0 Å². The molecule has 2 atom stereocenters. The highest BCUT2D eigenvalue weighted by Gasteiger charge is 2.41. The van der Waals surface area contributed by atoms with Gasteiger partial charge in [-0.3, -0.25) is 9.20 Å². The number of fused-ring (bicyclic) bond motifs is 6. The molecule has 0 bridgehead atoms. The number of nitrogens with zero attached hydrogens (tertiary/aromatic N) is 3. The minimum absolute atomic E-state index is 0.135. The number of aryl methyl sites for hydroxylation is 1. The average molecular weight is 360 g/mol. The molecule has 0 amide bonds. The molecule has 0 unspecified atom stereocenters. The summed E-state index contributed by atoms with van der Waals surface area (Å²) in [6.07, 6.45) is 2.61. The lowest BCUT2D eigenvalue weighted by Gasteiger charge is -2.46. The van der Waals surface area contributed by atoms with Crippen LogP contribution in [0.25, 0.3) is 5.65 Å². The Bertz CT molecular complexity index is 1150. The van der Waals surface area contributed by atoms with Gasteiger partial charge in [0.2, 0.25) is 0 Å². The van der Waals surface area contributed by atoms with E-state index in [1.165, 1.54) is 4.40 Å². The maximum absolute atomic E-state index is 13.1. The fourth-order valence-corrected chi connectivity index (χ4v) is 4.55. The molecule has 136 valence electrons. The van der Waals surface area contributed by atoms with Crippen molar-refractivity contribution >= 4 is 17.4 Å². The molecule has 0 saturated heterocycles. The van der Waals surface area contributed by atoms with Crippen LogP contribution in [-0.4, -0.2) is 21.9 Å². The highest BCUT2D eigenvalue weighted by Crippen LogP contribution is 2.43. The zero-order chi connectivity index (χ0) is 18.7. The predicted octanol–water partition coefficient (Wildman–Crippen LogP) is 1.03. The van der Waals surface area contributed by atoms with Crippen molar-refractivity contribution in [3.05, 3.63) is 75.2 Å². The molecule has 0 fully saturated rings. The number of rotatable bonds is 1. The highest BCUT2D eigenvalue weighted by molar-refractivity contribution is 5.74. The van der Waals surface area contributed by atoms with Crippen molar-refractivity contribution in [1.82, 2.24) is 9.38 Å². The van der Waals surface area contributed by atoms with Crippen LogP contribution in [0.4, 0.5) is 5.82 Å². The first-order chi connectivity index (χ1) is 13.1. The first-order valence-corrected chi connectivity index (χ1v) is 9.12. The van der Waals surface area contributed by atoms with Crippen LogP contribution < -0.4 is 15.6 Å². The Morgan fingerprint density at radius 3 is 2.85 bits per heavy atom. The van der Waals surface area contributed by atoms with E-state index in [9.17, 15) is 14.7 Å². The minimum atomic E-state index is -1.12. The van der Waals surface area contributed by atoms with Gasteiger partial charge in [-0.25, -0.2) is 4.98 Å². The van der Waals surface area contributed by atoms with Crippen molar-refractivity contribution in [2.45, 2.75) is 25.8 Å². The Labute approximate surface area is 155 Å². The summed E-state index contributed by atoms with van der Waals surface area (Å²) >= 11 is 0. The molecule has 0 aliphatic carbocycles. The molecule has 0 N–H and O–H groups in total. The zero-order valence-electron chi connectivity index (χ0n) is 14.9. The lowest BCUT2D eigenvalue weighted by molar-refractivity contribution is -0.312. The summed E-state index contributed by atoms with van der Waals surface area (Å²) in [5.74, 6) is -1.29. The van der Waals surface area contributed by atoms with Gasteiger partial charge in [0.1, 0.15) is 11.5 Å². The third-order valence-corrected chi connectivity index (χ3v) is 5.83. The van der Waals surface area contributed by atoms with Crippen LogP contribution in [0.5, 0.6) is 0 Å². The average Bonchev–Trinajstić information content (AvgIpc) is 2.68. The number of benzene rings is 1. The maximum Gasteiger partial charge on any atom is 0.263 e. The predicted molar refractivity (Wildman–Crippen MR) is 98.6 cm³/mol. The number of carboxylic acid groups (broad SMARTS) is 1. The van der Waals surface area contributed by atoms with E-state index in [0.717, 1.165) is 23.1 Å². The summed E-state index contributed by atoms with van der Waals surface area (Å²) in [5, 5.41) is 12.0. The van der Waals surface area contributed by atoms with E-state index < -0.39 is 11.9 Å². The number of carbonyl (C=O) groups excluding carboxylic acids is 1. The largest absolute Gasteiger partial charge is 0.550 e.